The highest BCUT2D eigenvalue weighted by atomic mass is 16.5. The number of hydrogen-bond donors (Lipinski definition) is 0. The Kier molecular flexibility index (Phi) is 5.51. The van der Waals surface area contributed by atoms with Gasteiger partial charge < -0.3 is 13.9 Å². The van der Waals surface area contributed by atoms with Crippen LogP contribution in [0.1, 0.15) is 53.4 Å². The van der Waals surface area contributed by atoms with Gasteiger partial charge in [-0.15, -0.1) is 0 Å². The molecule has 2 aromatic carbocycles. The number of carbonyl (C=O) groups is 1. The Hall–Kier alpha value is -3.08. The summed E-state index contributed by atoms with van der Waals surface area (Å²) < 4.78 is 16.0. The van der Waals surface area contributed by atoms with E-state index in [4.69, 9.17) is 13.9 Å². The lowest BCUT2D eigenvalue weighted by molar-refractivity contribution is 0.0467. The summed E-state index contributed by atoms with van der Waals surface area (Å²) in [5, 5.41) is 0.595. The van der Waals surface area contributed by atoms with E-state index in [-0.39, 0.29) is 17.6 Å². The van der Waals surface area contributed by atoms with E-state index in [1.54, 1.807) is 18.2 Å². The molecule has 0 saturated heterocycles. The van der Waals surface area contributed by atoms with Crippen molar-refractivity contribution in [3.8, 4) is 5.75 Å². The van der Waals surface area contributed by atoms with E-state index in [0.717, 1.165) is 16.7 Å². The van der Waals surface area contributed by atoms with Crippen LogP contribution in [0, 0.1) is 13.8 Å². The van der Waals surface area contributed by atoms with E-state index in [2.05, 4.69) is 32.9 Å². The van der Waals surface area contributed by atoms with Crippen molar-refractivity contribution in [2.24, 2.45) is 0 Å². The van der Waals surface area contributed by atoms with E-state index in [1.165, 1.54) is 18.7 Å². The minimum absolute atomic E-state index is 0.0375. The number of benzene rings is 2. The van der Waals surface area contributed by atoms with Crippen molar-refractivity contribution in [2.45, 2.75) is 46.6 Å². The summed E-state index contributed by atoms with van der Waals surface area (Å²) in [5.74, 6) is -0.271. The standard InChI is InChI=1S/C24H26O5/c1-14-10-17(24(3,4)5)11-15(2)19(14)13-28-22(25)18-12-16-8-7-9-20(27-6)21(16)29-23(18)26/h7-12H,13H2,1-6H3. The lowest BCUT2D eigenvalue weighted by Gasteiger charge is -2.22. The van der Waals surface area contributed by atoms with Gasteiger partial charge in [-0.1, -0.05) is 45.0 Å². The average Bonchev–Trinajstić information content (AvgIpc) is 2.65. The maximum Gasteiger partial charge on any atom is 0.351 e. The van der Waals surface area contributed by atoms with E-state index in [0.29, 0.717) is 16.7 Å². The van der Waals surface area contributed by atoms with Gasteiger partial charge in [0.2, 0.25) is 0 Å². The highest BCUT2D eigenvalue weighted by Gasteiger charge is 2.19. The molecule has 152 valence electrons. The van der Waals surface area contributed by atoms with Gasteiger partial charge in [-0.25, -0.2) is 9.59 Å². The van der Waals surface area contributed by atoms with E-state index < -0.39 is 11.6 Å². The number of para-hydroxylation sites is 1. The molecule has 0 fully saturated rings. The van der Waals surface area contributed by atoms with Gasteiger partial charge in [0.05, 0.1) is 7.11 Å². The van der Waals surface area contributed by atoms with Crippen molar-refractivity contribution in [1.29, 1.82) is 0 Å². The molecule has 0 aliphatic carbocycles. The summed E-state index contributed by atoms with van der Waals surface area (Å²) in [5.41, 5.74) is 3.74. The molecule has 29 heavy (non-hydrogen) atoms. The Morgan fingerprint density at radius 3 is 2.31 bits per heavy atom. The van der Waals surface area contributed by atoms with Crippen molar-refractivity contribution < 1.29 is 18.7 Å². The fourth-order valence-electron chi connectivity index (χ4n) is 3.29. The van der Waals surface area contributed by atoms with Crippen LogP contribution in [0.15, 0.2) is 45.6 Å². The molecule has 0 unspecified atom stereocenters. The predicted molar refractivity (Wildman–Crippen MR) is 113 cm³/mol. The summed E-state index contributed by atoms with van der Waals surface area (Å²) in [6.45, 7) is 10.6. The van der Waals surface area contributed by atoms with Gasteiger partial charge in [-0.05, 0) is 53.6 Å². The number of fused-ring (bicyclic) bond motifs is 1. The lowest BCUT2D eigenvalue weighted by Crippen LogP contribution is -2.17. The van der Waals surface area contributed by atoms with Crippen LogP contribution in [-0.4, -0.2) is 13.1 Å². The molecular formula is C24H26O5. The number of methoxy groups -OCH3 is 1. The van der Waals surface area contributed by atoms with Gasteiger partial charge in [-0.3, -0.25) is 0 Å². The molecule has 0 bridgehead atoms. The predicted octanol–water partition coefficient (Wildman–Crippen LogP) is 5.07. The minimum atomic E-state index is -0.747. The number of aryl methyl sites for hydroxylation is 2. The minimum Gasteiger partial charge on any atom is -0.493 e. The average molecular weight is 394 g/mol. The van der Waals surface area contributed by atoms with Gasteiger partial charge in [-0.2, -0.15) is 0 Å². The fraction of sp³-hybridized carbons (Fsp3) is 0.333. The monoisotopic (exact) mass is 394 g/mol. The summed E-state index contributed by atoms with van der Waals surface area (Å²) in [6, 6.07) is 10.9. The van der Waals surface area contributed by atoms with Crippen molar-refractivity contribution in [2.75, 3.05) is 7.11 Å². The van der Waals surface area contributed by atoms with Crippen LogP contribution in [0.3, 0.4) is 0 Å². The van der Waals surface area contributed by atoms with Crippen molar-refractivity contribution in [1.82, 2.24) is 0 Å². The van der Waals surface area contributed by atoms with Crippen LogP contribution in [0.5, 0.6) is 5.75 Å². The number of hydrogen-bond acceptors (Lipinski definition) is 5. The molecule has 1 heterocycles. The second-order valence-corrected chi connectivity index (χ2v) is 8.24. The Morgan fingerprint density at radius 1 is 1.07 bits per heavy atom. The topological polar surface area (TPSA) is 65.7 Å². The summed E-state index contributed by atoms with van der Waals surface area (Å²) in [4.78, 5) is 24.9. The first-order chi connectivity index (χ1) is 13.6. The van der Waals surface area contributed by atoms with Crippen LogP contribution in [0.25, 0.3) is 11.0 Å². The maximum atomic E-state index is 12.6. The molecule has 5 heteroatoms. The second-order valence-electron chi connectivity index (χ2n) is 8.24. The molecule has 5 nitrogen and oxygen atoms in total. The van der Waals surface area contributed by atoms with Crippen molar-refractivity contribution >= 4 is 16.9 Å². The number of rotatable bonds is 4. The zero-order valence-electron chi connectivity index (χ0n) is 17.7. The molecule has 0 radical (unpaired) electrons. The quantitative estimate of drug-likeness (QED) is 0.456. The van der Waals surface area contributed by atoms with Crippen molar-refractivity contribution in [3.63, 3.8) is 0 Å². The molecule has 3 aromatic rings. The fourth-order valence-corrected chi connectivity index (χ4v) is 3.29. The Labute approximate surface area is 170 Å². The van der Waals surface area contributed by atoms with Gasteiger partial charge in [0, 0.05) is 5.39 Å². The maximum absolute atomic E-state index is 12.6. The van der Waals surface area contributed by atoms with Crippen molar-refractivity contribution in [3.05, 3.63) is 74.6 Å². The highest BCUT2D eigenvalue weighted by molar-refractivity contribution is 5.94. The normalized spacial score (nSPS) is 11.5. The van der Waals surface area contributed by atoms with Crippen LogP contribution in [-0.2, 0) is 16.8 Å². The third-order valence-corrected chi connectivity index (χ3v) is 5.07. The molecule has 1 aromatic heterocycles. The van der Waals surface area contributed by atoms with E-state index >= 15 is 0 Å². The Morgan fingerprint density at radius 2 is 1.72 bits per heavy atom. The van der Waals surface area contributed by atoms with Crippen LogP contribution in [0.2, 0.25) is 0 Å². The highest BCUT2D eigenvalue weighted by Crippen LogP contribution is 2.28. The third kappa shape index (κ3) is 4.19. The number of carbonyl (C=O) groups excluding carboxylic acids is 1. The molecule has 0 saturated carbocycles. The van der Waals surface area contributed by atoms with Crippen LogP contribution >= 0.6 is 0 Å². The number of ether oxygens (including phenoxy) is 2. The second kappa shape index (κ2) is 7.74. The van der Waals surface area contributed by atoms with Gasteiger partial charge >= 0.3 is 11.6 Å². The molecule has 0 aliphatic heterocycles. The summed E-state index contributed by atoms with van der Waals surface area (Å²) in [7, 11) is 1.49. The van der Waals surface area contributed by atoms with E-state index in [1.807, 2.05) is 13.8 Å². The lowest BCUT2D eigenvalue weighted by atomic mass is 9.84. The third-order valence-electron chi connectivity index (χ3n) is 5.07. The van der Waals surface area contributed by atoms with Gasteiger partial charge in [0.25, 0.3) is 0 Å². The molecule has 0 N–H and O–H groups in total. The van der Waals surface area contributed by atoms with Crippen LogP contribution < -0.4 is 10.4 Å². The van der Waals surface area contributed by atoms with E-state index in [9.17, 15) is 9.59 Å². The summed E-state index contributed by atoms with van der Waals surface area (Å²) in [6.07, 6.45) is 0. The largest absolute Gasteiger partial charge is 0.493 e. The SMILES string of the molecule is COc1cccc2cc(C(=O)OCc3c(C)cc(C(C)(C)C)cc3C)c(=O)oc12. The van der Waals surface area contributed by atoms with Gasteiger partial charge in [0.1, 0.15) is 12.2 Å². The first kappa shape index (κ1) is 20.6. The summed E-state index contributed by atoms with van der Waals surface area (Å²) >= 11 is 0. The molecule has 0 amide bonds. The number of esters is 1. The van der Waals surface area contributed by atoms with Gasteiger partial charge in [0.15, 0.2) is 11.3 Å². The zero-order chi connectivity index (χ0) is 21.3. The molecule has 3 rings (SSSR count). The Balaban J connectivity index is 1.87. The molecule has 0 atom stereocenters. The molecule has 0 aliphatic rings. The Bertz CT molecular complexity index is 1110. The molecular weight excluding hydrogens is 368 g/mol. The first-order valence-corrected chi connectivity index (χ1v) is 9.50. The van der Waals surface area contributed by atoms with Crippen LogP contribution in [0.4, 0.5) is 0 Å². The first-order valence-electron chi connectivity index (χ1n) is 9.50. The smallest absolute Gasteiger partial charge is 0.351 e. The molecule has 0 spiro atoms. The zero-order valence-corrected chi connectivity index (χ0v) is 17.7.